The minimum Gasteiger partial charge on any atom is -0.343 e. The molecule has 4 saturated heterocycles. The summed E-state index contributed by atoms with van der Waals surface area (Å²) in [6, 6.07) is 18.4. The summed E-state index contributed by atoms with van der Waals surface area (Å²) in [6.07, 6.45) is 1.91. The Balaban J connectivity index is 1.47. The number of benzene rings is 2. The van der Waals surface area contributed by atoms with Crippen molar-refractivity contribution in [1.82, 2.24) is 14.4 Å². The number of fused-ring (bicyclic) bond motifs is 1. The number of nitro groups is 2. The number of piperidine rings is 2. The van der Waals surface area contributed by atoms with Gasteiger partial charge in [-0.25, -0.2) is 0 Å². The van der Waals surface area contributed by atoms with Crippen LogP contribution in [0.3, 0.4) is 0 Å². The zero-order valence-electron chi connectivity index (χ0n) is 19.3. The molecule has 5 heterocycles. The number of aromatic nitrogens is 1. The molecule has 4 fully saturated rings. The van der Waals surface area contributed by atoms with Gasteiger partial charge in [0.1, 0.15) is 5.41 Å². The lowest BCUT2D eigenvalue weighted by atomic mass is 9.53. The maximum atomic E-state index is 12.4. The second kappa shape index (κ2) is 6.86. The van der Waals surface area contributed by atoms with E-state index in [1.165, 1.54) is 5.56 Å². The fourth-order valence-corrected chi connectivity index (χ4v) is 6.83. The Bertz CT molecular complexity index is 1270. The van der Waals surface area contributed by atoms with Crippen LogP contribution < -0.4 is 0 Å². The normalized spacial score (nSPS) is 33.3. The van der Waals surface area contributed by atoms with Gasteiger partial charge < -0.3 is 4.57 Å². The van der Waals surface area contributed by atoms with Crippen molar-refractivity contribution in [3.05, 3.63) is 92.1 Å². The lowest BCUT2D eigenvalue weighted by Gasteiger charge is -2.65. The van der Waals surface area contributed by atoms with Crippen LogP contribution in [0, 0.1) is 25.6 Å². The first-order valence-corrected chi connectivity index (χ1v) is 11.6. The van der Waals surface area contributed by atoms with E-state index in [0.717, 1.165) is 16.5 Å². The van der Waals surface area contributed by atoms with E-state index >= 15 is 0 Å². The van der Waals surface area contributed by atoms with E-state index in [2.05, 4.69) is 35.0 Å². The van der Waals surface area contributed by atoms with Gasteiger partial charge in [-0.3, -0.25) is 30.0 Å². The van der Waals surface area contributed by atoms with E-state index in [0.29, 0.717) is 6.54 Å². The van der Waals surface area contributed by atoms with Crippen molar-refractivity contribution < 1.29 is 9.85 Å². The molecule has 9 heteroatoms. The molecule has 0 atom stereocenters. The Labute approximate surface area is 196 Å². The molecule has 0 N–H and O–H groups in total. The molecule has 4 aliphatic heterocycles. The third-order valence-corrected chi connectivity index (χ3v) is 8.87. The van der Waals surface area contributed by atoms with E-state index < -0.39 is 16.5 Å². The molecule has 4 bridgehead atoms. The first-order valence-electron chi connectivity index (χ1n) is 11.6. The minimum atomic E-state index is -1.38. The van der Waals surface area contributed by atoms with Crippen molar-refractivity contribution in [1.29, 1.82) is 0 Å². The highest BCUT2D eigenvalue weighted by molar-refractivity contribution is 5.84. The number of para-hydroxylation sites is 1. The molecule has 176 valence electrons. The molecule has 2 aromatic carbocycles. The third-order valence-electron chi connectivity index (χ3n) is 8.87. The monoisotopic (exact) mass is 461 g/mol. The summed E-state index contributed by atoms with van der Waals surface area (Å²) < 4.78 is 2.21. The van der Waals surface area contributed by atoms with Crippen LogP contribution in [-0.2, 0) is 6.54 Å². The molecule has 9 nitrogen and oxygen atoms in total. The van der Waals surface area contributed by atoms with Gasteiger partial charge in [0.25, 0.3) is 11.1 Å². The van der Waals surface area contributed by atoms with Crippen LogP contribution in [-0.4, -0.2) is 61.5 Å². The van der Waals surface area contributed by atoms with Gasteiger partial charge in [0, 0.05) is 39.1 Å². The highest BCUT2D eigenvalue weighted by Gasteiger charge is 2.81. The minimum absolute atomic E-state index is 0.210. The van der Waals surface area contributed by atoms with Crippen molar-refractivity contribution in [3.63, 3.8) is 0 Å². The van der Waals surface area contributed by atoms with Crippen LogP contribution in [0.5, 0.6) is 0 Å². The zero-order valence-corrected chi connectivity index (χ0v) is 19.3. The van der Waals surface area contributed by atoms with Gasteiger partial charge in [-0.2, -0.15) is 0 Å². The third kappa shape index (κ3) is 2.51. The molecule has 0 saturated carbocycles. The van der Waals surface area contributed by atoms with Gasteiger partial charge >= 0.3 is 0 Å². The standard InChI is InChI=1S/C25H27N5O4/c1-23(2)24(29(31)32)14-27-16-25(23,30(33)34)17-28(15-24)22(27)20-13-26(12-18-8-4-3-5-9-18)21-11-7-6-10-19(20)21/h3-11,13,22H,12,14-17H2,1-2H3. The van der Waals surface area contributed by atoms with Crippen molar-refractivity contribution in [2.24, 2.45) is 5.41 Å². The lowest BCUT2D eigenvalue weighted by Crippen LogP contribution is -2.88. The molecule has 4 aliphatic rings. The Kier molecular flexibility index (Phi) is 4.29. The van der Waals surface area contributed by atoms with Crippen molar-refractivity contribution in [2.45, 2.75) is 37.6 Å². The SMILES string of the molecule is CC1(C)C2([N+](=O)[O-])CN3CC1([N+](=O)[O-])CN(C2)C3c1cn(Cc2ccccc2)c2ccccc12. The van der Waals surface area contributed by atoms with E-state index in [1.807, 2.05) is 40.1 Å². The van der Waals surface area contributed by atoms with Crippen LogP contribution in [0.15, 0.2) is 60.8 Å². The van der Waals surface area contributed by atoms with Crippen LogP contribution in [0.25, 0.3) is 10.9 Å². The van der Waals surface area contributed by atoms with Gasteiger partial charge in [-0.15, -0.1) is 0 Å². The summed E-state index contributed by atoms with van der Waals surface area (Å²) in [5.74, 6) is 0. The average molecular weight is 462 g/mol. The average Bonchev–Trinajstić information content (AvgIpc) is 3.15. The van der Waals surface area contributed by atoms with Gasteiger partial charge in [0.2, 0.25) is 0 Å². The van der Waals surface area contributed by atoms with Crippen molar-refractivity contribution in [2.75, 3.05) is 26.2 Å². The van der Waals surface area contributed by atoms with Crippen molar-refractivity contribution in [3.8, 4) is 0 Å². The topological polar surface area (TPSA) is 97.7 Å². The number of hydrogen-bond donors (Lipinski definition) is 0. The van der Waals surface area contributed by atoms with E-state index in [1.54, 1.807) is 13.8 Å². The van der Waals surface area contributed by atoms with Gasteiger partial charge in [0.05, 0.1) is 32.3 Å². The molecule has 0 radical (unpaired) electrons. The Morgan fingerprint density at radius 1 is 0.853 bits per heavy atom. The first-order chi connectivity index (χ1) is 16.2. The Morgan fingerprint density at radius 2 is 1.38 bits per heavy atom. The molecule has 0 spiro atoms. The molecule has 34 heavy (non-hydrogen) atoms. The summed E-state index contributed by atoms with van der Waals surface area (Å²) in [4.78, 5) is 28.3. The molecule has 7 rings (SSSR count). The highest BCUT2D eigenvalue weighted by Crippen LogP contribution is 2.59. The summed E-state index contributed by atoms with van der Waals surface area (Å²) in [5, 5.41) is 25.9. The molecule has 0 aliphatic carbocycles. The number of hydrogen-bond acceptors (Lipinski definition) is 6. The summed E-state index contributed by atoms with van der Waals surface area (Å²) in [6.45, 7) is 4.99. The van der Waals surface area contributed by atoms with Crippen molar-refractivity contribution >= 4 is 10.9 Å². The number of rotatable bonds is 5. The predicted molar refractivity (Wildman–Crippen MR) is 127 cm³/mol. The molecule has 0 unspecified atom stereocenters. The molecule has 0 amide bonds. The zero-order chi connectivity index (χ0) is 23.9. The summed E-state index contributed by atoms with van der Waals surface area (Å²) in [5.41, 5.74) is -0.495. The molecular weight excluding hydrogens is 434 g/mol. The quantitative estimate of drug-likeness (QED) is 0.427. The lowest BCUT2D eigenvalue weighted by molar-refractivity contribution is -0.679. The maximum Gasteiger partial charge on any atom is 0.259 e. The molecule has 3 aromatic rings. The van der Waals surface area contributed by atoms with Gasteiger partial charge in [-0.05, 0) is 25.5 Å². The summed E-state index contributed by atoms with van der Waals surface area (Å²) >= 11 is 0. The Morgan fingerprint density at radius 3 is 1.94 bits per heavy atom. The van der Waals surface area contributed by atoms with Gasteiger partial charge in [0.15, 0.2) is 0 Å². The first kappa shape index (κ1) is 21.2. The van der Waals surface area contributed by atoms with E-state index in [-0.39, 0.29) is 42.2 Å². The van der Waals surface area contributed by atoms with E-state index in [4.69, 9.17) is 0 Å². The summed E-state index contributed by atoms with van der Waals surface area (Å²) in [7, 11) is 0. The van der Waals surface area contributed by atoms with Crippen LogP contribution >= 0.6 is 0 Å². The molecular formula is C25H27N5O4. The van der Waals surface area contributed by atoms with Crippen LogP contribution in [0.2, 0.25) is 0 Å². The second-order valence-electron chi connectivity index (χ2n) is 10.6. The predicted octanol–water partition coefficient (Wildman–Crippen LogP) is 3.39. The highest BCUT2D eigenvalue weighted by atomic mass is 16.6. The van der Waals surface area contributed by atoms with Gasteiger partial charge in [-0.1, -0.05) is 48.5 Å². The Hall–Kier alpha value is -3.30. The largest absolute Gasteiger partial charge is 0.343 e. The fraction of sp³-hybridized carbons (Fsp3) is 0.440. The fourth-order valence-electron chi connectivity index (χ4n) is 6.83. The number of nitrogens with zero attached hydrogens (tertiary/aromatic N) is 5. The maximum absolute atomic E-state index is 12.4. The van der Waals surface area contributed by atoms with Crippen LogP contribution in [0.4, 0.5) is 0 Å². The smallest absolute Gasteiger partial charge is 0.259 e. The van der Waals surface area contributed by atoms with Crippen LogP contribution in [0.1, 0.15) is 31.1 Å². The molecule has 1 aromatic heterocycles. The van der Waals surface area contributed by atoms with E-state index in [9.17, 15) is 20.2 Å². The second-order valence-corrected chi connectivity index (χ2v) is 10.6.